The van der Waals surface area contributed by atoms with Crippen LogP contribution in [0, 0.1) is 0 Å². The zero-order chi connectivity index (χ0) is 12.4. The van der Waals surface area contributed by atoms with Gasteiger partial charge in [0.1, 0.15) is 0 Å². The fourth-order valence-electron chi connectivity index (χ4n) is 2.38. The molecule has 1 aliphatic rings. The molecule has 4 nitrogen and oxygen atoms in total. The molecule has 4 heteroatoms. The molecule has 3 rings (SSSR count). The Morgan fingerprint density at radius 2 is 1.89 bits per heavy atom. The zero-order valence-corrected chi connectivity index (χ0v) is 10.7. The summed E-state index contributed by atoms with van der Waals surface area (Å²) in [5, 5.41) is 1.11. The van der Waals surface area contributed by atoms with Crippen molar-refractivity contribution in [3.8, 4) is 0 Å². The van der Waals surface area contributed by atoms with E-state index in [1.54, 1.807) is 0 Å². The molecule has 18 heavy (non-hydrogen) atoms. The molecule has 0 atom stereocenters. The first-order valence-electron chi connectivity index (χ1n) is 6.56. The summed E-state index contributed by atoms with van der Waals surface area (Å²) in [4.78, 5) is 13.9. The SMILES string of the molecule is CCN1CCN(c2ncc3ccccc3n2)CC1. The highest BCUT2D eigenvalue weighted by Crippen LogP contribution is 2.16. The van der Waals surface area contributed by atoms with Gasteiger partial charge in [-0.25, -0.2) is 9.97 Å². The molecular formula is C14H18N4. The van der Waals surface area contributed by atoms with E-state index in [9.17, 15) is 0 Å². The summed E-state index contributed by atoms with van der Waals surface area (Å²) in [5.74, 6) is 0.865. The third-order valence-electron chi connectivity index (χ3n) is 3.58. The quantitative estimate of drug-likeness (QED) is 0.803. The van der Waals surface area contributed by atoms with Gasteiger partial charge in [0.25, 0.3) is 0 Å². The van der Waals surface area contributed by atoms with Crippen LogP contribution in [0.5, 0.6) is 0 Å². The van der Waals surface area contributed by atoms with Gasteiger partial charge >= 0.3 is 0 Å². The highest BCUT2D eigenvalue weighted by molar-refractivity contribution is 5.78. The summed E-state index contributed by atoms with van der Waals surface area (Å²) < 4.78 is 0. The summed E-state index contributed by atoms with van der Waals surface area (Å²) in [6.45, 7) is 7.59. The van der Waals surface area contributed by atoms with Crippen LogP contribution < -0.4 is 4.90 Å². The van der Waals surface area contributed by atoms with Crippen molar-refractivity contribution in [2.45, 2.75) is 6.92 Å². The normalized spacial score (nSPS) is 17.3. The molecule has 1 aromatic carbocycles. The summed E-state index contributed by atoms with van der Waals surface area (Å²) in [5.41, 5.74) is 1.03. The molecule has 0 spiro atoms. The predicted octanol–water partition coefficient (Wildman–Crippen LogP) is 1.77. The Balaban J connectivity index is 1.82. The van der Waals surface area contributed by atoms with Crippen molar-refractivity contribution in [2.75, 3.05) is 37.6 Å². The Kier molecular flexibility index (Phi) is 3.11. The van der Waals surface area contributed by atoms with E-state index in [2.05, 4.69) is 26.7 Å². The average Bonchev–Trinajstić information content (AvgIpc) is 2.47. The molecule has 1 saturated heterocycles. The molecule has 94 valence electrons. The fourth-order valence-corrected chi connectivity index (χ4v) is 2.38. The highest BCUT2D eigenvalue weighted by atomic mass is 15.3. The average molecular weight is 242 g/mol. The van der Waals surface area contributed by atoms with Crippen LogP contribution in [-0.2, 0) is 0 Å². The minimum Gasteiger partial charge on any atom is -0.338 e. The first-order valence-corrected chi connectivity index (χ1v) is 6.56. The van der Waals surface area contributed by atoms with Gasteiger partial charge in [-0.2, -0.15) is 0 Å². The van der Waals surface area contributed by atoms with E-state index in [0.717, 1.165) is 49.6 Å². The van der Waals surface area contributed by atoms with Crippen molar-refractivity contribution in [3.63, 3.8) is 0 Å². The highest BCUT2D eigenvalue weighted by Gasteiger charge is 2.17. The molecule has 1 fully saturated rings. The molecule has 0 bridgehead atoms. The van der Waals surface area contributed by atoms with Gasteiger partial charge in [0, 0.05) is 37.8 Å². The Hall–Kier alpha value is -1.68. The van der Waals surface area contributed by atoms with Crippen LogP contribution in [0.4, 0.5) is 5.95 Å². The molecule has 1 aromatic heterocycles. The molecule has 2 aromatic rings. The van der Waals surface area contributed by atoms with Crippen LogP contribution >= 0.6 is 0 Å². The lowest BCUT2D eigenvalue weighted by Gasteiger charge is -2.34. The maximum absolute atomic E-state index is 4.65. The standard InChI is InChI=1S/C14H18N4/c1-2-17-7-9-18(10-8-17)14-15-11-12-5-3-4-6-13(12)16-14/h3-6,11H,2,7-10H2,1H3. The lowest BCUT2D eigenvalue weighted by Crippen LogP contribution is -2.46. The number of likely N-dealkylation sites (N-methyl/N-ethyl adjacent to an activating group) is 1. The number of hydrogen-bond donors (Lipinski definition) is 0. The number of piperazine rings is 1. The summed E-state index contributed by atoms with van der Waals surface area (Å²) in [6, 6.07) is 8.14. The van der Waals surface area contributed by atoms with E-state index < -0.39 is 0 Å². The molecule has 2 heterocycles. The maximum Gasteiger partial charge on any atom is 0.225 e. The molecule has 0 radical (unpaired) electrons. The van der Waals surface area contributed by atoms with Crippen molar-refractivity contribution >= 4 is 16.9 Å². The molecular weight excluding hydrogens is 224 g/mol. The second-order valence-corrected chi connectivity index (χ2v) is 4.65. The minimum atomic E-state index is 0.865. The number of fused-ring (bicyclic) bond motifs is 1. The van der Waals surface area contributed by atoms with E-state index >= 15 is 0 Å². The Labute approximate surface area is 107 Å². The van der Waals surface area contributed by atoms with Crippen LogP contribution in [-0.4, -0.2) is 47.6 Å². The van der Waals surface area contributed by atoms with Gasteiger partial charge in [-0.1, -0.05) is 25.1 Å². The van der Waals surface area contributed by atoms with Crippen LogP contribution in [0.15, 0.2) is 30.5 Å². The van der Waals surface area contributed by atoms with E-state index in [1.165, 1.54) is 0 Å². The molecule has 0 saturated carbocycles. The molecule has 1 aliphatic heterocycles. The fraction of sp³-hybridized carbons (Fsp3) is 0.429. The van der Waals surface area contributed by atoms with Crippen LogP contribution in [0.2, 0.25) is 0 Å². The van der Waals surface area contributed by atoms with E-state index in [-0.39, 0.29) is 0 Å². The smallest absolute Gasteiger partial charge is 0.225 e. The lowest BCUT2D eigenvalue weighted by atomic mass is 10.2. The zero-order valence-electron chi connectivity index (χ0n) is 10.7. The molecule has 0 N–H and O–H groups in total. The largest absolute Gasteiger partial charge is 0.338 e. The van der Waals surface area contributed by atoms with Crippen LogP contribution in [0.1, 0.15) is 6.92 Å². The van der Waals surface area contributed by atoms with Gasteiger partial charge < -0.3 is 9.80 Å². The Morgan fingerprint density at radius 1 is 1.11 bits per heavy atom. The first-order chi connectivity index (χ1) is 8.86. The number of benzene rings is 1. The van der Waals surface area contributed by atoms with E-state index in [0.29, 0.717) is 0 Å². The van der Waals surface area contributed by atoms with Gasteiger partial charge in [0.05, 0.1) is 5.52 Å². The molecule has 0 unspecified atom stereocenters. The molecule has 0 aliphatic carbocycles. The lowest BCUT2D eigenvalue weighted by molar-refractivity contribution is 0.270. The second kappa shape index (κ2) is 4.90. The van der Waals surface area contributed by atoms with Crippen molar-refractivity contribution in [3.05, 3.63) is 30.5 Å². The van der Waals surface area contributed by atoms with Crippen molar-refractivity contribution in [1.29, 1.82) is 0 Å². The van der Waals surface area contributed by atoms with E-state index in [4.69, 9.17) is 0 Å². The van der Waals surface area contributed by atoms with Crippen molar-refractivity contribution in [2.24, 2.45) is 0 Å². The summed E-state index contributed by atoms with van der Waals surface area (Å²) in [6.07, 6.45) is 1.92. The summed E-state index contributed by atoms with van der Waals surface area (Å²) in [7, 11) is 0. The number of nitrogens with zero attached hydrogens (tertiary/aromatic N) is 4. The van der Waals surface area contributed by atoms with Gasteiger partial charge in [-0.15, -0.1) is 0 Å². The minimum absolute atomic E-state index is 0.865. The van der Waals surface area contributed by atoms with Gasteiger partial charge in [-0.3, -0.25) is 0 Å². The van der Waals surface area contributed by atoms with Crippen LogP contribution in [0.25, 0.3) is 10.9 Å². The number of rotatable bonds is 2. The van der Waals surface area contributed by atoms with Crippen LogP contribution in [0.3, 0.4) is 0 Å². The number of aromatic nitrogens is 2. The van der Waals surface area contributed by atoms with Gasteiger partial charge in [-0.05, 0) is 12.6 Å². The monoisotopic (exact) mass is 242 g/mol. The second-order valence-electron chi connectivity index (χ2n) is 4.65. The number of para-hydroxylation sites is 1. The number of anilines is 1. The van der Waals surface area contributed by atoms with Gasteiger partial charge in [0.2, 0.25) is 5.95 Å². The predicted molar refractivity (Wildman–Crippen MR) is 73.9 cm³/mol. The van der Waals surface area contributed by atoms with Crippen molar-refractivity contribution < 1.29 is 0 Å². The first kappa shape index (κ1) is 11.4. The number of hydrogen-bond acceptors (Lipinski definition) is 4. The molecule has 0 amide bonds. The Bertz CT molecular complexity index is 532. The summed E-state index contributed by atoms with van der Waals surface area (Å²) >= 11 is 0. The van der Waals surface area contributed by atoms with E-state index in [1.807, 2.05) is 30.5 Å². The van der Waals surface area contributed by atoms with Crippen molar-refractivity contribution in [1.82, 2.24) is 14.9 Å². The maximum atomic E-state index is 4.65. The third kappa shape index (κ3) is 2.16. The topological polar surface area (TPSA) is 32.3 Å². The Morgan fingerprint density at radius 3 is 2.67 bits per heavy atom. The third-order valence-corrected chi connectivity index (χ3v) is 3.58. The van der Waals surface area contributed by atoms with Gasteiger partial charge in [0.15, 0.2) is 0 Å².